The van der Waals surface area contributed by atoms with Gasteiger partial charge in [0.05, 0.1) is 0 Å². The Morgan fingerprint density at radius 3 is 2.30 bits per heavy atom. The second-order valence-electron chi connectivity index (χ2n) is 6.53. The maximum absolute atomic E-state index is 12.1. The molecule has 1 atom stereocenters. The summed E-state index contributed by atoms with van der Waals surface area (Å²) in [5.74, 6) is -0.905. The Labute approximate surface area is 121 Å². The van der Waals surface area contributed by atoms with Crippen LogP contribution in [0.3, 0.4) is 0 Å². The van der Waals surface area contributed by atoms with Gasteiger partial charge in [-0.15, -0.1) is 0 Å². The molecule has 0 spiro atoms. The fraction of sp³-hybridized carbons (Fsp3) is 0.867. The van der Waals surface area contributed by atoms with Crippen LogP contribution in [0.25, 0.3) is 0 Å². The van der Waals surface area contributed by atoms with Crippen molar-refractivity contribution in [2.75, 3.05) is 6.54 Å². The molecule has 1 aliphatic carbocycles. The molecule has 0 saturated heterocycles. The average Bonchev–Trinajstić information content (AvgIpc) is 2.38. The SMILES string of the molecule is CC(C)C[C@H](NC(=O)CC1(CN)CCCCC1)C(=O)O. The normalized spacial score (nSPS) is 19.6. The number of carboxylic acids is 1. The summed E-state index contributed by atoms with van der Waals surface area (Å²) in [4.78, 5) is 23.3. The van der Waals surface area contributed by atoms with Crippen LogP contribution in [0.2, 0.25) is 0 Å². The van der Waals surface area contributed by atoms with Gasteiger partial charge in [-0.1, -0.05) is 33.1 Å². The third kappa shape index (κ3) is 5.12. The predicted octanol–water partition coefficient (Wildman–Crippen LogP) is 1.90. The fourth-order valence-electron chi connectivity index (χ4n) is 3.03. The van der Waals surface area contributed by atoms with Crippen LogP contribution >= 0.6 is 0 Å². The molecule has 0 aromatic rings. The lowest BCUT2D eigenvalue weighted by atomic mass is 9.71. The second-order valence-corrected chi connectivity index (χ2v) is 6.53. The standard InChI is InChI=1S/C15H28N2O3/c1-11(2)8-12(14(19)20)17-13(18)9-15(10-16)6-4-3-5-7-15/h11-12H,3-10,16H2,1-2H3,(H,17,18)(H,19,20)/t12-/m0/s1. The molecule has 0 radical (unpaired) electrons. The molecule has 0 aliphatic heterocycles. The van der Waals surface area contributed by atoms with Crippen molar-refractivity contribution in [1.82, 2.24) is 5.32 Å². The molecule has 5 nitrogen and oxygen atoms in total. The number of carbonyl (C=O) groups excluding carboxylic acids is 1. The van der Waals surface area contributed by atoms with E-state index in [0.717, 1.165) is 25.7 Å². The Morgan fingerprint density at radius 1 is 1.25 bits per heavy atom. The van der Waals surface area contributed by atoms with Gasteiger partial charge in [0, 0.05) is 6.42 Å². The van der Waals surface area contributed by atoms with E-state index in [9.17, 15) is 9.59 Å². The Hall–Kier alpha value is -1.10. The van der Waals surface area contributed by atoms with Gasteiger partial charge in [0.15, 0.2) is 0 Å². The first kappa shape index (κ1) is 17.0. The molecular weight excluding hydrogens is 256 g/mol. The number of carbonyl (C=O) groups is 2. The van der Waals surface area contributed by atoms with Gasteiger partial charge in [0.25, 0.3) is 0 Å². The first-order valence-electron chi connectivity index (χ1n) is 7.61. The van der Waals surface area contributed by atoms with E-state index in [1.54, 1.807) is 0 Å². The molecule has 0 aromatic heterocycles. The molecule has 0 heterocycles. The Morgan fingerprint density at radius 2 is 1.85 bits per heavy atom. The Bertz CT molecular complexity index is 336. The third-order valence-corrected chi connectivity index (χ3v) is 4.22. The molecule has 1 amide bonds. The largest absolute Gasteiger partial charge is 0.480 e. The van der Waals surface area contributed by atoms with Crippen molar-refractivity contribution in [2.45, 2.75) is 64.8 Å². The lowest BCUT2D eigenvalue weighted by Crippen LogP contribution is -2.45. The number of rotatable bonds is 7. The molecule has 1 aliphatic rings. The molecule has 4 N–H and O–H groups in total. The zero-order valence-electron chi connectivity index (χ0n) is 12.7. The molecule has 0 unspecified atom stereocenters. The molecule has 0 bridgehead atoms. The average molecular weight is 284 g/mol. The van der Waals surface area contributed by atoms with Crippen LogP contribution in [0, 0.1) is 11.3 Å². The molecule has 20 heavy (non-hydrogen) atoms. The number of nitrogens with two attached hydrogens (primary N) is 1. The van der Waals surface area contributed by atoms with Gasteiger partial charge in [0.2, 0.25) is 5.91 Å². The summed E-state index contributed by atoms with van der Waals surface area (Å²) in [5, 5.41) is 11.8. The number of carboxylic acid groups (broad SMARTS) is 1. The van der Waals surface area contributed by atoms with Crippen LogP contribution < -0.4 is 11.1 Å². The van der Waals surface area contributed by atoms with E-state index in [4.69, 9.17) is 10.8 Å². The number of nitrogens with one attached hydrogen (secondary N) is 1. The summed E-state index contributed by atoms with van der Waals surface area (Å²) < 4.78 is 0. The first-order chi connectivity index (χ1) is 9.38. The van der Waals surface area contributed by atoms with E-state index >= 15 is 0 Å². The van der Waals surface area contributed by atoms with Crippen molar-refractivity contribution in [2.24, 2.45) is 17.1 Å². The van der Waals surface area contributed by atoms with Crippen LogP contribution in [0.5, 0.6) is 0 Å². The number of hydrogen-bond acceptors (Lipinski definition) is 3. The maximum Gasteiger partial charge on any atom is 0.326 e. The third-order valence-electron chi connectivity index (χ3n) is 4.22. The minimum absolute atomic E-state index is 0.122. The molecule has 0 aromatic carbocycles. The van der Waals surface area contributed by atoms with Crippen molar-refractivity contribution < 1.29 is 14.7 Å². The number of hydrogen-bond donors (Lipinski definition) is 3. The van der Waals surface area contributed by atoms with Gasteiger partial charge in [0.1, 0.15) is 6.04 Å². The van der Waals surface area contributed by atoms with Crippen LogP contribution in [0.1, 0.15) is 58.8 Å². The minimum atomic E-state index is -0.961. The van der Waals surface area contributed by atoms with Gasteiger partial charge in [-0.3, -0.25) is 4.79 Å². The van der Waals surface area contributed by atoms with E-state index in [-0.39, 0.29) is 17.2 Å². The van der Waals surface area contributed by atoms with Crippen molar-refractivity contribution in [3.8, 4) is 0 Å². The van der Waals surface area contributed by atoms with E-state index in [2.05, 4.69) is 5.32 Å². The maximum atomic E-state index is 12.1. The van der Waals surface area contributed by atoms with E-state index in [1.807, 2.05) is 13.8 Å². The number of aliphatic carboxylic acids is 1. The molecule has 1 rings (SSSR count). The van der Waals surface area contributed by atoms with Crippen molar-refractivity contribution in [3.05, 3.63) is 0 Å². The van der Waals surface area contributed by atoms with Crippen molar-refractivity contribution in [1.29, 1.82) is 0 Å². The van der Waals surface area contributed by atoms with E-state index < -0.39 is 12.0 Å². The van der Waals surface area contributed by atoms with Crippen molar-refractivity contribution >= 4 is 11.9 Å². The van der Waals surface area contributed by atoms with Gasteiger partial charge in [-0.2, -0.15) is 0 Å². The fourth-order valence-corrected chi connectivity index (χ4v) is 3.03. The summed E-state index contributed by atoms with van der Waals surface area (Å²) in [6.45, 7) is 4.40. The van der Waals surface area contributed by atoms with Crippen LogP contribution in [-0.2, 0) is 9.59 Å². The highest BCUT2D eigenvalue weighted by Crippen LogP contribution is 2.38. The van der Waals surface area contributed by atoms with Crippen molar-refractivity contribution in [3.63, 3.8) is 0 Å². The zero-order valence-corrected chi connectivity index (χ0v) is 12.7. The number of amides is 1. The van der Waals surface area contributed by atoms with Gasteiger partial charge >= 0.3 is 5.97 Å². The first-order valence-corrected chi connectivity index (χ1v) is 7.61. The predicted molar refractivity (Wildman–Crippen MR) is 78.2 cm³/mol. The summed E-state index contributed by atoms with van der Waals surface area (Å²) >= 11 is 0. The minimum Gasteiger partial charge on any atom is -0.480 e. The highest BCUT2D eigenvalue weighted by atomic mass is 16.4. The smallest absolute Gasteiger partial charge is 0.326 e. The molecular formula is C15H28N2O3. The lowest BCUT2D eigenvalue weighted by Gasteiger charge is -2.36. The molecule has 1 saturated carbocycles. The summed E-state index contributed by atoms with van der Waals surface area (Å²) in [5.41, 5.74) is 5.74. The highest BCUT2D eigenvalue weighted by molar-refractivity contribution is 5.83. The van der Waals surface area contributed by atoms with Gasteiger partial charge in [-0.25, -0.2) is 4.79 Å². The van der Waals surface area contributed by atoms with Crippen LogP contribution in [0.15, 0.2) is 0 Å². The molecule has 116 valence electrons. The molecule has 1 fully saturated rings. The molecule has 5 heteroatoms. The van der Waals surface area contributed by atoms with Gasteiger partial charge in [-0.05, 0) is 37.1 Å². The van der Waals surface area contributed by atoms with E-state index in [1.165, 1.54) is 6.42 Å². The topological polar surface area (TPSA) is 92.4 Å². The Kier molecular flexibility index (Phi) is 6.46. The lowest BCUT2D eigenvalue weighted by molar-refractivity contribution is -0.142. The summed E-state index contributed by atoms with van der Waals surface area (Å²) in [7, 11) is 0. The highest BCUT2D eigenvalue weighted by Gasteiger charge is 2.34. The zero-order chi connectivity index (χ0) is 15.2. The quantitative estimate of drug-likeness (QED) is 0.665. The second kappa shape index (κ2) is 7.62. The van der Waals surface area contributed by atoms with Crippen LogP contribution in [0.4, 0.5) is 0 Å². The van der Waals surface area contributed by atoms with Crippen LogP contribution in [-0.4, -0.2) is 29.6 Å². The Balaban J connectivity index is 2.57. The summed E-state index contributed by atoms with van der Waals surface area (Å²) in [6, 6.07) is -0.791. The van der Waals surface area contributed by atoms with E-state index in [0.29, 0.717) is 19.4 Å². The summed E-state index contributed by atoms with van der Waals surface area (Å²) in [6.07, 6.45) is 6.17. The van der Waals surface area contributed by atoms with Gasteiger partial charge < -0.3 is 16.2 Å². The monoisotopic (exact) mass is 284 g/mol.